The number of hydrogen-bond acceptors (Lipinski definition) is 5. The summed E-state index contributed by atoms with van der Waals surface area (Å²) < 4.78 is 33.8. The average molecular weight is 480 g/mol. The summed E-state index contributed by atoms with van der Waals surface area (Å²) in [6.45, 7) is 1.97. The molecule has 1 atom stereocenters. The minimum absolute atomic E-state index is 0.104. The molecule has 9 heteroatoms. The Bertz CT molecular complexity index is 1400. The van der Waals surface area contributed by atoms with Gasteiger partial charge < -0.3 is 15.4 Å². The van der Waals surface area contributed by atoms with Gasteiger partial charge in [0.2, 0.25) is 15.9 Å². The number of nitrogens with one attached hydrogen (secondary N) is 2. The molecule has 2 aliphatic rings. The Morgan fingerprint density at radius 1 is 1.15 bits per heavy atom. The molecule has 0 saturated carbocycles. The Balaban J connectivity index is 1.36. The molecule has 0 bridgehead atoms. The molecule has 2 amide bonds. The number of sulfonamides is 1. The summed E-state index contributed by atoms with van der Waals surface area (Å²) in [5.74, 6) is -0.606. The first-order valence-electron chi connectivity index (χ1n) is 11.2. The smallest absolute Gasteiger partial charge is 0.262 e. The van der Waals surface area contributed by atoms with Crippen molar-refractivity contribution in [1.82, 2.24) is 4.31 Å². The summed E-state index contributed by atoms with van der Waals surface area (Å²) in [6.07, 6.45) is 1.20. The minimum Gasteiger partial charge on any atom is -0.482 e. The Hall–Kier alpha value is -3.43. The van der Waals surface area contributed by atoms with Crippen LogP contribution in [0.4, 0.5) is 11.4 Å². The van der Waals surface area contributed by atoms with Crippen LogP contribution in [0.1, 0.15) is 18.4 Å². The summed E-state index contributed by atoms with van der Waals surface area (Å²) >= 11 is 0. The summed E-state index contributed by atoms with van der Waals surface area (Å²) in [6, 6.07) is 16.6. The lowest BCUT2D eigenvalue weighted by atomic mass is 9.98. The molecule has 1 saturated heterocycles. The van der Waals surface area contributed by atoms with Crippen LogP contribution in [0.25, 0.3) is 10.8 Å². The van der Waals surface area contributed by atoms with E-state index in [1.54, 1.807) is 13.0 Å². The van der Waals surface area contributed by atoms with Crippen LogP contribution in [-0.4, -0.2) is 44.2 Å². The lowest BCUT2D eigenvalue weighted by Crippen LogP contribution is -2.43. The fraction of sp³-hybridized carbons (Fsp3) is 0.280. The molecule has 176 valence electrons. The van der Waals surface area contributed by atoms with Crippen molar-refractivity contribution in [3.8, 4) is 5.75 Å². The number of carbonyl (C=O) groups excluding carboxylic acids is 2. The Morgan fingerprint density at radius 2 is 1.94 bits per heavy atom. The standard InChI is InChI=1S/C25H25N3O5S/c1-16-12-21-22(33-15-24(29)26-21)13-23(16)34(31,32)28-11-5-8-18(14-28)25(30)27-20-10-4-7-17-6-2-3-9-19(17)20/h2-4,6-7,9-10,12-13,18H,5,8,11,14-15H2,1H3,(H,26,29)(H,27,30)/t18-/m1/s1. The van der Waals surface area contributed by atoms with Gasteiger partial charge in [-0.05, 0) is 42.8 Å². The van der Waals surface area contributed by atoms with Gasteiger partial charge in [-0.2, -0.15) is 4.31 Å². The first kappa shape index (κ1) is 22.4. The van der Waals surface area contributed by atoms with Crippen LogP contribution in [0.2, 0.25) is 0 Å². The maximum Gasteiger partial charge on any atom is 0.262 e. The van der Waals surface area contributed by atoms with Gasteiger partial charge in [-0.25, -0.2) is 8.42 Å². The van der Waals surface area contributed by atoms with Crippen LogP contribution < -0.4 is 15.4 Å². The molecule has 3 aromatic rings. The lowest BCUT2D eigenvalue weighted by Gasteiger charge is -2.32. The molecule has 2 N–H and O–H groups in total. The van der Waals surface area contributed by atoms with E-state index >= 15 is 0 Å². The van der Waals surface area contributed by atoms with Crippen LogP contribution in [0.3, 0.4) is 0 Å². The van der Waals surface area contributed by atoms with Crippen molar-refractivity contribution < 1.29 is 22.7 Å². The molecule has 5 rings (SSSR count). The van der Waals surface area contributed by atoms with Gasteiger partial charge in [0.15, 0.2) is 6.61 Å². The fourth-order valence-electron chi connectivity index (χ4n) is 4.58. The highest BCUT2D eigenvalue weighted by atomic mass is 32.2. The van der Waals surface area contributed by atoms with Crippen molar-refractivity contribution in [2.45, 2.75) is 24.7 Å². The van der Waals surface area contributed by atoms with E-state index in [1.165, 1.54) is 10.4 Å². The number of carbonyl (C=O) groups is 2. The third kappa shape index (κ3) is 4.12. The quantitative estimate of drug-likeness (QED) is 0.596. The van der Waals surface area contributed by atoms with Crippen LogP contribution in [-0.2, 0) is 19.6 Å². The van der Waals surface area contributed by atoms with Crippen LogP contribution in [0, 0.1) is 12.8 Å². The molecule has 0 unspecified atom stereocenters. The molecule has 2 heterocycles. The van der Waals surface area contributed by atoms with Crippen molar-refractivity contribution in [1.29, 1.82) is 0 Å². The van der Waals surface area contributed by atoms with E-state index in [2.05, 4.69) is 10.6 Å². The molecule has 8 nitrogen and oxygen atoms in total. The first-order valence-corrected chi connectivity index (χ1v) is 12.6. The topological polar surface area (TPSA) is 105 Å². The number of rotatable bonds is 4. The third-order valence-electron chi connectivity index (χ3n) is 6.33. The number of anilines is 2. The van der Waals surface area contributed by atoms with E-state index in [0.717, 1.165) is 10.8 Å². The minimum atomic E-state index is -3.85. The number of hydrogen-bond donors (Lipinski definition) is 2. The van der Waals surface area contributed by atoms with Gasteiger partial charge in [0.1, 0.15) is 5.75 Å². The summed E-state index contributed by atoms with van der Waals surface area (Å²) in [4.78, 5) is 24.8. The van der Waals surface area contributed by atoms with Crippen molar-refractivity contribution in [2.24, 2.45) is 5.92 Å². The maximum absolute atomic E-state index is 13.5. The molecular weight excluding hydrogens is 454 g/mol. The van der Waals surface area contributed by atoms with Gasteiger partial charge in [0.05, 0.1) is 16.5 Å². The highest BCUT2D eigenvalue weighted by Crippen LogP contribution is 2.35. The number of nitrogens with zero attached hydrogens (tertiary/aromatic N) is 1. The van der Waals surface area contributed by atoms with E-state index in [-0.39, 0.29) is 29.9 Å². The second-order valence-electron chi connectivity index (χ2n) is 8.67. The summed E-state index contributed by atoms with van der Waals surface area (Å²) in [5.41, 5.74) is 1.68. The predicted octanol–water partition coefficient (Wildman–Crippen LogP) is 3.52. The average Bonchev–Trinajstić information content (AvgIpc) is 2.83. The first-order chi connectivity index (χ1) is 16.3. The van der Waals surface area contributed by atoms with Crippen molar-refractivity contribution in [2.75, 3.05) is 30.3 Å². The highest BCUT2D eigenvalue weighted by Gasteiger charge is 2.35. The number of aryl methyl sites for hydroxylation is 1. The van der Waals surface area contributed by atoms with Gasteiger partial charge in [0.25, 0.3) is 5.91 Å². The third-order valence-corrected chi connectivity index (χ3v) is 8.34. The monoisotopic (exact) mass is 479 g/mol. The Kier molecular flexibility index (Phi) is 5.75. The molecule has 0 spiro atoms. The Morgan fingerprint density at radius 3 is 2.79 bits per heavy atom. The molecule has 34 heavy (non-hydrogen) atoms. The van der Waals surface area contributed by atoms with Gasteiger partial charge >= 0.3 is 0 Å². The second-order valence-corrected chi connectivity index (χ2v) is 10.6. The van der Waals surface area contributed by atoms with Crippen LogP contribution in [0.15, 0.2) is 59.5 Å². The highest BCUT2D eigenvalue weighted by molar-refractivity contribution is 7.89. The molecule has 0 aliphatic carbocycles. The summed E-state index contributed by atoms with van der Waals surface area (Å²) in [5, 5.41) is 7.66. The largest absolute Gasteiger partial charge is 0.482 e. The molecular formula is C25H25N3O5S. The van der Waals surface area contributed by atoms with E-state index in [1.807, 2.05) is 42.5 Å². The lowest BCUT2D eigenvalue weighted by molar-refractivity contribution is -0.121. The van der Waals surface area contributed by atoms with Crippen LogP contribution >= 0.6 is 0 Å². The molecule has 1 fully saturated rings. The predicted molar refractivity (Wildman–Crippen MR) is 129 cm³/mol. The number of ether oxygens (including phenoxy) is 1. The molecule has 0 radical (unpaired) electrons. The fourth-order valence-corrected chi connectivity index (χ4v) is 6.32. The molecule has 3 aromatic carbocycles. The van der Waals surface area contributed by atoms with Gasteiger partial charge in [0, 0.05) is 30.2 Å². The normalized spacial score (nSPS) is 18.6. The van der Waals surface area contributed by atoms with Crippen LogP contribution in [0.5, 0.6) is 5.75 Å². The molecule has 2 aliphatic heterocycles. The van der Waals surface area contributed by atoms with Crippen molar-refractivity contribution >= 4 is 44.0 Å². The Labute approximate surface area is 197 Å². The number of fused-ring (bicyclic) bond motifs is 2. The van der Waals surface area contributed by atoms with Gasteiger partial charge in [-0.3, -0.25) is 9.59 Å². The van der Waals surface area contributed by atoms with E-state index in [0.29, 0.717) is 42.1 Å². The van der Waals surface area contributed by atoms with Crippen molar-refractivity contribution in [3.63, 3.8) is 0 Å². The number of amides is 2. The zero-order chi connectivity index (χ0) is 23.9. The second kappa shape index (κ2) is 8.73. The number of piperidine rings is 1. The zero-order valence-electron chi connectivity index (χ0n) is 18.7. The van der Waals surface area contributed by atoms with Gasteiger partial charge in [-0.15, -0.1) is 0 Å². The summed E-state index contributed by atoms with van der Waals surface area (Å²) in [7, 11) is -3.85. The van der Waals surface area contributed by atoms with E-state index in [9.17, 15) is 18.0 Å². The van der Waals surface area contributed by atoms with E-state index < -0.39 is 15.9 Å². The van der Waals surface area contributed by atoms with Crippen molar-refractivity contribution in [3.05, 3.63) is 60.2 Å². The SMILES string of the molecule is Cc1cc2c(cc1S(=O)(=O)N1CCC[C@@H](C(=O)Nc3cccc4ccccc34)C1)OCC(=O)N2. The molecule has 0 aromatic heterocycles. The van der Waals surface area contributed by atoms with E-state index in [4.69, 9.17) is 4.74 Å². The zero-order valence-corrected chi connectivity index (χ0v) is 19.5. The van der Waals surface area contributed by atoms with Gasteiger partial charge in [-0.1, -0.05) is 36.4 Å². The number of benzene rings is 3. The maximum atomic E-state index is 13.5.